The molecule has 1 amide bonds. The smallest absolute Gasteiger partial charge is 0.257 e. The topological polar surface area (TPSA) is 74.3 Å². The highest BCUT2D eigenvalue weighted by Crippen LogP contribution is 2.33. The Labute approximate surface area is 213 Å². The number of rotatable bonds is 6. The number of ether oxygens (including phenoxy) is 2. The van der Waals surface area contributed by atoms with Gasteiger partial charge < -0.3 is 24.8 Å². The van der Waals surface area contributed by atoms with Crippen molar-refractivity contribution in [2.45, 2.75) is 76.0 Å². The summed E-state index contributed by atoms with van der Waals surface area (Å²) in [4.78, 5) is 17.5. The highest BCUT2D eigenvalue weighted by molar-refractivity contribution is 5.97. The molecule has 7 nitrogen and oxygen atoms in total. The molecule has 4 aliphatic rings. The van der Waals surface area contributed by atoms with E-state index in [0.29, 0.717) is 43.0 Å². The maximum atomic E-state index is 13.4. The van der Waals surface area contributed by atoms with Crippen LogP contribution in [0.3, 0.4) is 0 Å². The molecule has 4 heterocycles. The van der Waals surface area contributed by atoms with E-state index in [4.69, 9.17) is 9.47 Å². The predicted molar refractivity (Wildman–Crippen MR) is 137 cm³/mol. The van der Waals surface area contributed by atoms with Gasteiger partial charge in [-0.25, -0.2) is 0 Å². The van der Waals surface area contributed by atoms with Gasteiger partial charge in [0.05, 0.1) is 18.2 Å². The number of benzene rings is 2. The summed E-state index contributed by atoms with van der Waals surface area (Å²) in [6.07, 6.45) is 4.92. The molecule has 0 spiro atoms. The average molecular weight is 492 g/mol. The van der Waals surface area contributed by atoms with Gasteiger partial charge in [-0.15, -0.1) is 0 Å². The minimum atomic E-state index is -0.620. The van der Waals surface area contributed by atoms with E-state index in [1.54, 1.807) is 4.90 Å². The van der Waals surface area contributed by atoms with Crippen LogP contribution in [0.5, 0.6) is 11.5 Å². The molecule has 0 aliphatic carbocycles. The highest BCUT2D eigenvalue weighted by atomic mass is 16.5. The number of aliphatic hydroxyl groups is 1. The molecule has 4 aliphatic heterocycles. The number of aliphatic hydroxyl groups excluding tert-OH is 1. The van der Waals surface area contributed by atoms with Crippen LogP contribution in [0.15, 0.2) is 42.5 Å². The molecule has 3 unspecified atom stereocenters. The first-order valence-corrected chi connectivity index (χ1v) is 13.5. The quantitative estimate of drug-likeness (QED) is 0.647. The zero-order valence-electron chi connectivity index (χ0n) is 21.1. The maximum absolute atomic E-state index is 13.4. The van der Waals surface area contributed by atoms with Crippen molar-refractivity contribution in [3.8, 4) is 11.5 Å². The Morgan fingerprint density at radius 1 is 1.11 bits per heavy atom. The van der Waals surface area contributed by atoms with E-state index in [0.717, 1.165) is 38.1 Å². The molecule has 2 N–H and O–H groups in total. The lowest BCUT2D eigenvalue weighted by Gasteiger charge is -2.32. The number of amides is 1. The molecule has 7 heteroatoms. The van der Waals surface area contributed by atoms with Crippen molar-refractivity contribution < 1.29 is 19.4 Å². The van der Waals surface area contributed by atoms with Crippen molar-refractivity contribution in [1.82, 2.24) is 15.1 Å². The van der Waals surface area contributed by atoms with Crippen molar-refractivity contribution in [1.29, 1.82) is 0 Å². The number of fused-ring (bicyclic) bond motifs is 4. The first-order valence-electron chi connectivity index (χ1n) is 13.5. The zero-order chi connectivity index (χ0) is 24.6. The molecule has 0 saturated carbocycles. The molecular formula is C29H37N3O4. The van der Waals surface area contributed by atoms with Gasteiger partial charge in [0.1, 0.15) is 23.7 Å². The van der Waals surface area contributed by atoms with E-state index in [1.807, 2.05) is 25.1 Å². The first-order chi connectivity index (χ1) is 17.5. The number of piperidine rings is 1. The summed E-state index contributed by atoms with van der Waals surface area (Å²) in [7, 11) is 0. The van der Waals surface area contributed by atoms with Crippen LogP contribution >= 0.6 is 0 Å². The van der Waals surface area contributed by atoms with E-state index in [2.05, 4.69) is 34.5 Å². The highest BCUT2D eigenvalue weighted by Gasteiger charge is 2.35. The monoisotopic (exact) mass is 491 g/mol. The van der Waals surface area contributed by atoms with Crippen molar-refractivity contribution >= 4 is 5.91 Å². The molecule has 36 heavy (non-hydrogen) atoms. The van der Waals surface area contributed by atoms with Gasteiger partial charge in [0.25, 0.3) is 5.91 Å². The Bertz CT molecular complexity index is 1100. The van der Waals surface area contributed by atoms with Crippen molar-refractivity contribution in [2.24, 2.45) is 0 Å². The van der Waals surface area contributed by atoms with Crippen molar-refractivity contribution in [3.05, 3.63) is 59.2 Å². The summed E-state index contributed by atoms with van der Waals surface area (Å²) in [5.41, 5.74) is 3.26. The van der Waals surface area contributed by atoms with Crippen LogP contribution < -0.4 is 14.8 Å². The number of nitrogens with zero attached hydrogens (tertiary/aromatic N) is 2. The number of hydrogen-bond acceptors (Lipinski definition) is 6. The Kier molecular flexibility index (Phi) is 6.63. The second kappa shape index (κ2) is 10.0. The van der Waals surface area contributed by atoms with E-state index in [-0.39, 0.29) is 18.1 Å². The Morgan fingerprint density at radius 2 is 1.89 bits per heavy atom. The number of β-amino-alcohol motifs (C(OH)–C–C–N with tert-alkyl or cyclic N) is 1. The fourth-order valence-corrected chi connectivity index (χ4v) is 6.44. The summed E-state index contributed by atoms with van der Waals surface area (Å²) in [5.74, 6) is 1.24. The number of carbonyl (C=O) groups is 1. The normalized spacial score (nSPS) is 28.6. The number of hydrogen-bond donors (Lipinski definition) is 2. The van der Waals surface area contributed by atoms with Gasteiger partial charge in [0.15, 0.2) is 0 Å². The Balaban J connectivity index is 1.09. The summed E-state index contributed by atoms with van der Waals surface area (Å²) in [5, 5.41) is 14.6. The molecule has 192 valence electrons. The van der Waals surface area contributed by atoms with Crippen molar-refractivity contribution in [3.63, 3.8) is 0 Å². The van der Waals surface area contributed by atoms with Gasteiger partial charge in [0, 0.05) is 44.3 Å². The van der Waals surface area contributed by atoms with Gasteiger partial charge in [-0.3, -0.25) is 9.69 Å². The summed E-state index contributed by atoms with van der Waals surface area (Å²) >= 11 is 0. The molecular weight excluding hydrogens is 454 g/mol. The van der Waals surface area contributed by atoms with Gasteiger partial charge in [-0.05, 0) is 62.3 Å². The van der Waals surface area contributed by atoms with Crippen LogP contribution in [0.4, 0.5) is 0 Å². The van der Waals surface area contributed by atoms with E-state index < -0.39 is 6.10 Å². The Morgan fingerprint density at radius 3 is 2.69 bits per heavy atom. The van der Waals surface area contributed by atoms with Crippen LogP contribution in [-0.2, 0) is 13.0 Å². The van der Waals surface area contributed by atoms with E-state index in [1.165, 1.54) is 24.0 Å². The van der Waals surface area contributed by atoms with Crippen LogP contribution in [0.2, 0.25) is 0 Å². The fraction of sp³-hybridized carbons (Fsp3) is 0.552. The lowest BCUT2D eigenvalue weighted by atomic mass is 10.00. The molecule has 4 atom stereocenters. The first kappa shape index (κ1) is 23.8. The second-order valence-corrected chi connectivity index (χ2v) is 11.1. The SMILES string of the molecule is C[C@@H]1CN(CC(O)CN2CCc3ccccc3C2)C(=O)c2ccc(OC3CC4CCC(C3)N4)cc2O1. The maximum Gasteiger partial charge on any atom is 0.257 e. The van der Waals surface area contributed by atoms with Gasteiger partial charge >= 0.3 is 0 Å². The van der Waals surface area contributed by atoms with Crippen molar-refractivity contribution in [2.75, 3.05) is 26.2 Å². The molecule has 0 aromatic heterocycles. The third kappa shape index (κ3) is 5.10. The minimum Gasteiger partial charge on any atom is -0.490 e. The van der Waals surface area contributed by atoms with Gasteiger partial charge in [-0.2, -0.15) is 0 Å². The standard InChI is InChI=1S/C29H37N3O4/c1-19-15-32(18-24(33)17-31-11-10-20-4-2-3-5-21(20)16-31)29(34)27-9-8-25(14-28(27)35-19)36-26-12-22-6-7-23(13-26)30-22/h2-5,8-9,14,19,22-24,26,30,33H,6-7,10-13,15-18H2,1H3/t19-,22?,23?,24?,26?/m1/s1. The lowest BCUT2D eigenvalue weighted by molar-refractivity contribution is 0.0454. The largest absolute Gasteiger partial charge is 0.490 e. The minimum absolute atomic E-state index is 0.0937. The molecule has 2 aromatic carbocycles. The van der Waals surface area contributed by atoms with Gasteiger partial charge in [0.2, 0.25) is 0 Å². The summed E-state index contributed by atoms with van der Waals surface area (Å²) in [6.45, 7) is 5.02. The van der Waals surface area contributed by atoms with E-state index in [9.17, 15) is 9.90 Å². The molecule has 2 fully saturated rings. The van der Waals surface area contributed by atoms with Crippen LogP contribution in [-0.4, -0.2) is 77.4 Å². The second-order valence-electron chi connectivity index (χ2n) is 11.1. The Hall–Kier alpha value is -2.61. The van der Waals surface area contributed by atoms with E-state index >= 15 is 0 Å². The van der Waals surface area contributed by atoms with Crippen LogP contribution in [0.1, 0.15) is 54.1 Å². The van der Waals surface area contributed by atoms with Crippen LogP contribution in [0, 0.1) is 0 Å². The molecule has 2 aromatic rings. The lowest BCUT2D eigenvalue weighted by Crippen LogP contribution is -2.45. The molecule has 2 bridgehead atoms. The number of carbonyl (C=O) groups excluding carboxylic acids is 1. The number of nitrogens with one attached hydrogen (secondary N) is 1. The molecule has 0 radical (unpaired) electrons. The third-order valence-corrected chi connectivity index (χ3v) is 8.12. The van der Waals surface area contributed by atoms with Gasteiger partial charge in [-0.1, -0.05) is 24.3 Å². The average Bonchev–Trinajstić information content (AvgIpc) is 3.15. The zero-order valence-corrected chi connectivity index (χ0v) is 21.1. The molecule has 6 rings (SSSR count). The molecule has 2 saturated heterocycles. The van der Waals surface area contributed by atoms with Crippen LogP contribution in [0.25, 0.3) is 0 Å². The fourth-order valence-electron chi connectivity index (χ4n) is 6.44. The predicted octanol–water partition coefficient (Wildman–Crippen LogP) is 2.99. The third-order valence-electron chi connectivity index (χ3n) is 8.12. The summed E-state index contributed by atoms with van der Waals surface area (Å²) < 4.78 is 12.5. The summed E-state index contributed by atoms with van der Waals surface area (Å²) in [6, 6.07) is 15.2.